The molecule has 0 bridgehead atoms. The van der Waals surface area contributed by atoms with Crippen molar-refractivity contribution in [1.29, 1.82) is 0 Å². The Morgan fingerprint density at radius 3 is 2.23 bits per heavy atom. The molecule has 0 saturated heterocycles. The van der Waals surface area contributed by atoms with Gasteiger partial charge in [-0.2, -0.15) is 0 Å². The van der Waals surface area contributed by atoms with Crippen LogP contribution in [0.1, 0.15) is 37.5 Å². The topological polar surface area (TPSA) is 96.5 Å². The van der Waals surface area contributed by atoms with Crippen LogP contribution in [0.15, 0.2) is 48.5 Å². The number of anilines is 1. The molecule has 3 N–H and O–H groups in total. The summed E-state index contributed by atoms with van der Waals surface area (Å²) < 4.78 is 5.07. The van der Waals surface area contributed by atoms with Crippen LogP contribution in [-0.2, 0) is 27.3 Å². The van der Waals surface area contributed by atoms with Gasteiger partial charge in [0.2, 0.25) is 11.8 Å². The number of ether oxygens (including phenoxy) is 1. The monoisotopic (exact) mass is 411 g/mol. The third-order valence-electron chi connectivity index (χ3n) is 3.97. The van der Waals surface area contributed by atoms with E-state index in [1.165, 1.54) is 0 Å². The fourth-order valence-electron chi connectivity index (χ4n) is 2.65. The highest BCUT2D eigenvalue weighted by atomic mass is 16.6. The molecule has 0 heterocycles. The SMILES string of the molecule is Cc1cccc(CC(=O)Nc2ccc(CNC(=O)CNC(=O)OC(C)(C)C)cc2)c1. The number of alkyl carbamates (subject to hydrolysis) is 1. The summed E-state index contributed by atoms with van der Waals surface area (Å²) in [7, 11) is 0. The molecule has 0 atom stereocenters. The number of rotatable bonds is 7. The lowest BCUT2D eigenvalue weighted by atomic mass is 10.1. The first-order chi connectivity index (χ1) is 14.1. The van der Waals surface area contributed by atoms with Crippen molar-refractivity contribution >= 4 is 23.6 Å². The fraction of sp³-hybridized carbons (Fsp3) is 0.348. The molecular weight excluding hydrogens is 382 g/mol. The minimum absolute atomic E-state index is 0.0881. The molecule has 0 radical (unpaired) electrons. The summed E-state index contributed by atoms with van der Waals surface area (Å²) in [6, 6.07) is 15.1. The molecule has 2 aromatic rings. The molecule has 2 rings (SSSR count). The molecule has 0 saturated carbocycles. The van der Waals surface area contributed by atoms with E-state index in [1.807, 2.05) is 43.3 Å². The molecule has 0 unspecified atom stereocenters. The molecule has 2 aromatic carbocycles. The van der Waals surface area contributed by atoms with Crippen molar-refractivity contribution in [2.75, 3.05) is 11.9 Å². The summed E-state index contributed by atoms with van der Waals surface area (Å²) >= 11 is 0. The molecule has 7 heteroatoms. The molecule has 0 fully saturated rings. The maximum atomic E-state index is 12.2. The van der Waals surface area contributed by atoms with Gasteiger partial charge in [-0.25, -0.2) is 4.79 Å². The Hall–Kier alpha value is -3.35. The number of carbonyl (C=O) groups excluding carboxylic acids is 3. The van der Waals surface area contributed by atoms with Crippen molar-refractivity contribution in [1.82, 2.24) is 10.6 Å². The van der Waals surface area contributed by atoms with Crippen LogP contribution in [0, 0.1) is 6.92 Å². The Bertz CT molecular complexity index is 886. The minimum atomic E-state index is -0.636. The number of amides is 3. The predicted molar refractivity (Wildman–Crippen MR) is 116 cm³/mol. The number of hydrogen-bond donors (Lipinski definition) is 3. The van der Waals surface area contributed by atoms with E-state index in [1.54, 1.807) is 32.9 Å². The number of nitrogens with one attached hydrogen (secondary N) is 3. The molecule has 0 aliphatic carbocycles. The second-order valence-electron chi connectivity index (χ2n) is 8.04. The van der Waals surface area contributed by atoms with E-state index in [4.69, 9.17) is 4.74 Å². The Kier molecular flexibility index (Phi) is 7.98. The summed E-state index contributed by atoms with van der Waals surface area (Å²) in [5.74, 6) is -0.411. The first-order valence-corrected chi connectivity index (χ1v) is 9.78. The Balaban J connectivity index is 1.74. The van der Waals surface area contributed by atoms with Gasteiger partial charge in [-0.05, 0) is 51.0 Å². The van der Waals surface area contributed by atoms with E-state index in [0.717, 1.165) is 16.7 Å². The maximum absolute atomic E-state index is 12.2. The van der Waals surface area contributed by atoms with Gasteiger partial charge >= 0.3 is 6.09 Å². The standard InChI is InChI=1S/C23H29N3O4/c1-16-6-5-7-18(12-16)13-20(27)26-19-10-8-17(9-11-19)14-24-21(28)15-25-22(29)30-23(2,3)4/h5-12H,13-15H2,1-4H3,(H,24,28)(H,25,29)(H,26,27). The van der Waals surface area contributed by atoms with Crippen LogP contribution >= 0.6 is 0 Å². The van der Waals surface area contributed by atoms with Gasteiger partial charge in [0.15, 0.2) is 0 Å². The minimum Gasteiger partial charge on any atom is -0.444 e. The third-order valence-corrected chi connectivity index (χ3v) is 3.97. The van der Waals surface area contributed by atoms with Gasteiger partial charge in [-0.15, -0.1) is 0 Å². The number of carbonyl (C=O) groups is 3. The zero-order chi connectivity index (χ0) is 22.1. The van der Waals surface area contributed by atoms with E-state index >= 15 is 0 Å². The molecular formula is C23H29N3O4. The van der Waals surface area contributed by atoms with Crippen LogP contribution in [0.5, 0.6) is 0 Å². The van der Waals surface area contributed by atoms with Crippen LogP contribution in [0.3, 0.4) is 0 Å². The number of hydrogen-bond acceptors (Lipinski definition) is 4. The molecule has 0 aliphatic heterocycles. The molecule has 0 spiro atoms. The summed E-state index contributed by atoms with van der Waals surface area (Å²) in [6.07, 6.45) is -0.326. The summed E-state index contributed by atoms with van der Waals surface area (Å²) in [6.45, 7) is 7.39. The van der Waals surface area contributed by atoms with E-state index in [9.17, 15) is 14.4 Å². The van der Waals surface area contributed by atoms with Gasteiger partial charge in [0.25, 0.3) is 0 Å². The highest BCUT2D eigenvalue weighted by Crippen LogP contribution is 2.11. The zero-order valence-electron chi connectivity index (χ0n) is 17.9. The number of aryl methyl sites for hydroxylation is 1. The molecule has 3 amide bonds. The Morgan fingerprint density at radius 1 is 0.900 bits per heavy atom. The molecule has 30 heavy (non-hydrogen) atoms. The van der Waals surface area contributed by atoms with Gasteiger partial charge in [0.1, 0.15) is 12.1 Å². The van der Waals surface area contributed by atoms with Crippen molar-refractivity contribution < 1.29 is 19.1 Å². The van der Waals surface area contributed by atoms with Crippen molar-refractivity contribution in [3.05, 3.63) is 65.2 Å². The quantitative estimate of drug-likeness (QED) is 0.651. The van der Waals surface area contributed by atoms with Gasteiger partial charge in [0, 0.05) is 12.2 Å². The zero-order valence-corrected chi connectivity index (χ0v) is 17.9. The van der Waals surface area contributed by atoms with Crippen LogP contribution < -0.4 is 16.0 Å². The second-order valence-corrected chi connectivity index (χ2v) is 8.04. The van der Waals surface area contributed by atoms with E-state index in [2.05, 4.69) is 16.0 Å². The van der Waals surface area contributed by atoms with E-state index < -0.39 is 11.7 Å². The maximum Gasteiger partial charge on any atom is 0.408 e. The summed E-state index contributed by atoms with van der Waals surface area (Å²) in [5.41, 5.74) is 3.03. The largest absolute Gasteiger partial charge is 0.444 e. The summed E-state index contributed by atoms with van der Waals surface area (Å²) in [5, 5.41) is 7.99. The average molecular weight is 412 g/mol. The van der Waals surface area contributed by atoms with Gasteiger partial charge in [0.05, 0.1) is 6.42 Å². The lowest BCUT2D eigenvalue weighted by Gasteiger charge is -2.19. The highest BCUT2D eigenvalue weighted by Gasteiger charge is 2.16. The predicted octanol–water partition coefficient (Wildman–Crippen LogP) is 3.32. The van der Waals surface area contributed by atoms with Gasteiger partial charge in [-0.1, -0.05) is 42.0 Å². The smallest absolute Gasteiger partial charge is 0.408 e. The van der Waals surface area contributed by atoms with Crippen molar-refractivity contribution in [3.63, 3.8) is 0 Å². The van der Waals surface area contributed by atoms with Crippen LogP contribution in [0.4, 0.5) is 10.5 Å². The second kappa shape index (κ2) is 10.4. The van der Waals surface area contributed by atoms with E-state index in [0.29, 0.717) is 18.7 Å². The fourth-order valence-corrected chi connectivity index (χ4v) is 2.65. The van der Waals surface area contributed by atoms with E-state index in [-0.39, 0.29) is 18.4 Å². The first kappa shape index (κ1) is 22.9. The highest BCUT2D eigenvalue weighted by molar-refractivity contribution is 5.92. The molecule has 0 aliphatic rings. The van der Waals surface area contributed by atoms with Crippen LogP contribution in [-0.4, -0.2) is 30.1 Å². The normalized spacial score (nSPS) is 10.8. The van der Waals surface area contributed by atoms with Crippen LogP contribution in [0.2, 0.25) is 0 Å². The van der Waals surface area contributed by atoms with Crippen molar-refractivity contribution in [3.8, 4) is 0 Å². The van der Waals surface area contributed by atoms with Gasteiger partial charge in [-0.3, -0.25) is 9.59 Å². The average Bonchev–Trinajstić information content (AvgIpc) is 2.64. The lowest BCUT2D eigenvalue weighted by Crippen LogP contribution is -2.39. The Labute approximate surface area is 177 Å². The lowest BCUT2D eigenvalue weighted by molar-refractivity contribution is -0.120. The third kappa shape index (κ3) is 8.77. The summed E-state index contributed by atoms with van der Waals surface area (Å²) in [4.78, 5) is 35.6. The molecule has 0 aromatic heterocycles. The van der Waals surface area contributed by atoms with Crippen LogP contribution in [0.25, 0.3) is 0 Å². The van der Waals surface area contributed by atoms with Crippen molar-refractivity contribution in [2.45, 2.75) is 46.3 Å². The Morgan fingerprint density at radius 2 is 1.60 bits per heavy atom. The molecule has 160 valence electrons. The number of benzene rings is 2. The van der Waals surface area contributed by atoms with Gasteiger partial charge < -0.3 is 20.7 Å². The first-order valence-electron chi connectivity index (χ1n) is 9.78. The van der Waals surface area contributed by atoms with Crippen molar-refractivity contribution in [2.24, 2.45) is 0 Å². The molecule has 7 nitrogen and oxygen atoms in total.